The fourth-order valence-corrected chi connectivity index (χ4v) is 2.48. The number of benzene rings is 2. The van der Waals surface area contributed by atoms with Gasteiger partial charge in [0.1, 0.15) is 0 Å². The van der Waals surface area contributed by atoms with E-state index in [1.807, 2.05) is 24.3 Å². The molecule has 4 nitrogen and oxygen atoms in total. The van der Waals surface area contributed by atoms with Gasteiger partial charge in [-0.3, -0.25) is 0 Å². The molecule has 2 aromatic carbocycles. The van der Waals surface area contributed by atoms with E-state index in [1.54, 1.807) is 18.2 Å². The van der Waals surface area contributed by atoms with E-state index < -0.39 is 0 Å². The van der Waals surface area contributed by atoms with E-state index in [0.717, 1.165) is 28.7 Å². The Balaban J connectivity index is 2.22. The molecule has 19 heavy (non-hydrogen) atoms. The Bertz CT molecular complexity index is 768. The van der Waals surface area contributed by atoms with Crippen LogP contribution in [0.1, 0.15) is 11.1 Å². The van der Waals surface area contributed by atoms with Crippen LogP contribution >= 0.6 is 0 Å². The quantitative estimate of drug-likeness (QED) is 0.516. The Morgan fingerprint density at radius 2 is 1.79 bits per heavy atom. The van der Waals surface area contributed by atoms with E-state index in [4.69, 9.17) is 0 Å². The van der Waals surface area contributed by atoms with Crippen molar-refractivity contribution in [1.29, 1.82) is 0 Å². The zero-order chi connectivity index (χ0) is 13.2. The first-order valence-electron chi connectivity index (χ1n) is 5.74. The van der Waals surface area contributed by atoms with Crippen molar-refractivity contribution in [1.82, 2.24) is 0 Å². The Labute approximate surface area is 109 Å². The second-order valence-electron chi connectivity index (χ2n) is 4.24. The van der Waals surface area contributed by atoms with Crippen molar-refractivity contribution in [2.24, 2.45) is 9.98 Å². The molecule has 2 aromatic rings. The normalized spacial score (nSPS) is 10.9. The third-order valence-electron chi connectivity index (χ3n) is 3.21. The lowest BCUT2D eigenvalue weighted by molar-refractivity contribution is 0.564. The molecule has 90 valence electrons. The van der Waals surface area contributed by atoms with Crippen LogP contribution in [-0.2, 0) is 16.0 Å². The first kappa shape index (κ1) is 11.3. The zero-order valence-corrected chi connectivity index (χ0v) is 9.88. The average molecular weight is 248 g/mol. The monoisotopic (exact) mass is 248 g/mol. The first-order valence-corrected chi connectivity index (χ1v) is 5.74. The summed E-state index contributed by atoms with van der Waals surface area (Å²) in [6.07, 6.45) is 3.86. The molecular formula is C15H8N2O2. The van der Waals surface area contributed by atoms with E-state index in [9.17, 15) is 9.59 Å². The number of aliphatic imine (C=N–C) groups is 2. The molecule has 1 aliphatic rings. The summed E-state index contributed by atoms with van der Waals surface area (Å²) in [4.78, 5) is 28.1. The molecule has 0 aromatic heterocycles. The van der Waals surface area contributed by atoms with Gasteiger partial charge >= 0.3 is 0 Å². The molecule has 0 atom stereocenters. The van der Waals surface area contributed by atoms with Gasteiger partial charge in [-0.1, -0.05) is 18.2 Å². The molecule has 0 bridgehead atoms. The maximum Gasteiger partial charge on any atom is 0.240 e. The Morgan fingerprint density at radius 1 is 0.947 bits per heavy atom. The molecule has 0 saturated heterocycles. The maximum atomic E-state index is 10.5. The maximum absolute atomic E-state index is 10.5. The molecular weight excluding hydrogens is 240 g/mol. The van der Waals surface area contributed by atoms with Crippen LogP contribution in [0.3, 0.4) is 0 Å². The molecule has 0 N–H and O–H groups in total. The molecule has 1 aliphatic carbocycles. The lowest BCUT2D eigenvalue weighted by atomic mass is 10.0. The Morgan fingerprint density at radius 3 is 2.58 bits per heavy atom. The van der Waals surface area contributed by atoms with Gasteiger partial charge < -0.3 is 0 Å². The van der Waals surface area contributed by atoms with Crippen molar-refractivity contribution in [2.75, 3.05) is 0 Å². The van der Waals surface area contributed by atoms with Crippen molar-refractivity contribution in [3.05, 3.63) is 47.5 Å². The SMILES string of the molecule is O=C=Nc1ccc2c(c1)Cc1cccc(N=C=O)c1-2. The van der Waals surface area contributed by atoms with Crippen LogP contribution in [0, 0.1) is 0 Å². The third-order valence-corrected chi connectivity index (χ3v) is 3.21. The Kier molecular flexibility index (Phi) is 2.66. The molecule has 0 spiro atoms. The van der Waals surface area contributed by atoms with Gasteiger partial charge in [-0.15, -0.1) is 0 Å². The highest BCUT2D eigenvalue weighted by atomic mass is 16.1. The number of isocyanates is 2. The first-order chi connectivity index (χ1) is 9.33. The minimum atomic E-state index is 0.585. The van der Waals surface area contributed by atoms with Crippen LogP contribution in [0.4, 0.5) is 11.4 Å². The molecule has 3 rings (SSSR count). The summed E-state index contributed by atoms with van der Waals surface area (Å²) in [6.45, 7) is 0. The number of rotatable bonds is 2. The van der Waals surface area contributed by atoms with Gasteiger partial charge in [-0.05, 0) is 41.3 Å². The summed E-state index contributed by atoms with van der Waals surface area (Å²) in [5, 5.41) is 0. The van der Waals surface area contributed by atoms with Crippen LogP contribution in [0.2, 0.25) is 0 Å². The van der Waals surface area contributed by atoms with E-state index in [1.165, 1.54) is 6.08 Å². The fraction of sp³-hybridized carbons (Fsp3) is 0.0667. The largest absolute Gasteiger partial charge is 0.240 e. The van der Waals surface area contributed by atoms with Gasteiger partial charge in [-0.25, -0.2) is 9.59 Å². The van der Waals surface area contributed by atoms with Crippen LogP contribution in [0.5, 0.6) is 0 Å². The molecule has 0 heterocycles. The predicted molar refractivity (Wildman–Crippen MR) is 70.2 cm³/mol. The smallest absolute Gasteiger partial charge is 0.211 e. The lowest BCUT2D eigenvalue weighted by Gasteiger charge is -2.03. The number of hydrogen-bond donors (Lipinski definition) is 0. The third kappa shape index (κ3) is 1.81. The highest BCUT2D eigenvalue weighted by Crippen LogP contribution is 2.43. The highest BCUT2D eigenvalue weighted by Gasteiger charge is 2.21. The predicted octanol–water partition coefficient (Wildman–Crippen LogP) is 3.19. The van der Waals surface area contributed by atoms with Crippen molar-refractivity contribution in [3.63, 3.8) is 0 Å². The standard InChI is InChI=1S/C15H8N2O2/c18-8-16-12-4-5-13-11(7-12)6-10-2-1-3-14(15(10)13)17-9-19/h1-5,7H,6H2. The topological polar surface area (TPSA) is 58.9 Å². The number of hydrogen-bond acceptors (Lipinski definition) is 4. The molecule has 0 saturated carbocycles. The minimum absolute atomic E-state index is 0.585. The van der Waals surface area contributed by atoms with E-state index in [0.29, 0.717) is 11.4 Å². The number of fused-ring (bicyclic) bond motifs is 3. The van der Waals surface area contributed by atoms with Gasteiger partial charge in [0.2, 0.25) is 12.2 Å². The molecule has 0 radical (unpaired) electrons. The molecule has 0 fully saturated rings. The van der Waals surface area contributed by atoms with E-state index in [-0.39, 0.29) is 0 Å². The summed E-state index contributed by atoms with van der Waals surface area (Å²) in [7, 11) is 0. The number of carbonyl (C=O) groups excluding carboxylic acids is 2. The molecule has 0 amide bonds. The van der Waals surface area contributed by atoms with Crippen molar-refractivity contribution in [3.8, 4) is 11.1 Å². The molecule has 0 aliphatic heterocycles. The minimum Gasteiger partial charge on any atom is -0.211 e. The highest BCUT2D eigenvalue weighted by molar-refractivity contribution is 5.87. The summed E-state index contributed by atoms with van der Waals surface area (Å²) in [5.74, 6) is 0. The lowest BCUT2D eigenvalue weighted by Crippen LogP contribution is -1.79. The average Bonchev–Trinajstić information content (AvgIpc) is 2.78. The van der Waals surface area contributed by atoms with Gasteiger partial charge in [0.05, 0.1) is 11.4 Å². The van der Waals surface area contributed by atoms with Crippen molar-refractivity contribution in [2.45, 2.75) is 6.42 Å². The second kappa shape index (κ2) is 4.46. The van der Waals surface area contributed by atoms with Crippen LogP contribution < -0.4 is 0 Å². The second-order valence-corrected chi connectivity index (χ2v) is 4.24. The number of nitrogens with zero attached hydrogens (tertiary/aromatic N) is 2. The van der Waals surface area contributed by atoms with Gasteiger partial charge in [0.15, 0.2) is 0 Å². The van der Waals surface area contributed by atoms with E-state index >= 15 is 0 Å². The van der Waals surface area contributed by atoms with Crippen LogP contribution in [0.25, 0.3) is 11.1 Å². The van der Waals surface area contributed by atoms with Gasteiger partial charge in [-0.2, -0.15) is 9.98 Å². The van der Waals surface area contributed by atoms with Crippen molar-refractivity contribution >= 4 is 23.5 Å². The van der Waals surface area contributed by atoms with Gasteiger partial charge in [0, 0.05) is 5.56 Å². The zero-order valence-electron chi connectivity index (χ0n) is 9.88. The molecule has 4 heteroatoms. The van der Waals surface area contributed by atoms with E-state index in [2.05, 4.69) is 9.98 Å². The summed E-state index contributed by atoms with van der Waals surface area (Å²) in [6, 6.07) is 11.2. The van der Waals surface area contributed by atoms with Crippen molar-refractivity contribution < 1.29 is 9.59 Å². The van der Waals surface area contributed by atoms with Crippen LogP contribution in [-0.4, -0.2) is 12.2 Å². The van der Waals surface area contributed by atoms with Crippen LogP contribution in [0.15, 0.2) is 46.4 Å². The Hall–Kier alpha value is -2.80. The summed E-state index contributed by atoms with van der Waals surface area (Å²) >= 11 is 0. The van der Waals surface area contributed by atoms with Gasteiger partial charge in [0.25, 0.3) is 0 Å². The summed E-state index contributed by atoms with van der Waals surface area (Å²) in [5.41, 5.74) is 5.37. The fourth-order valence-electron chi connectivity index (χ4n) is 2.48. The molecule has 0 unspecified atom stereocenters. The summed E-state index contributed by atoms with van der Waals surface area (Å²) < 4.78 is 0.